The molecule has 1 heterocycles. The van der Waals surface area contributed by atoms with Crippen molar-refractivity contribution in [3.05, 3.63) is 23.9 Å². The Morgan fingerprint density at radius 1 is 1.53 bits per heavy atom. The zero-order chi connectivity index (χ0) is 11.3. The van der Waals surface area contributed by atoms with Crippen LogP contribution in [0.5, 0.6) is 0 Å². The van der Waals surface area contributed by atoms with Crippen LogP contribution in [-0.4, -0.2) is 17.1 Å². The molecule has 5 nitrogen and oxygen atoms in total. The van der Waals surface area contributed by atoms with Gasteiger partial charge in [-0.05, 0) is 26.0 Å². The number of nitrogens with zero attached hydrogens (tertiary/aromatic N) is 2. The van der Waals surface area contributed by atoms with Crippen LogP contribution in [0.25, 0.3) is 0 Å². The average Bonchev–Trinajstić information content (AvgIpc) is 2.17. The van der Waals surface area contributed by atoms with Gasteiger partial charge in [-0.25, -0.2) is 9.78 Å². The first-order chi connectivity index (χ1) is 7.11. The van der Waals surface area contributed by atoms with Crippen LogP contribution in [0.4, 0.5) is 10.6 Å². The van der Waals surface area contributed by atoms with Crippen LogP contribution in [0.2, 0.25) is 0 Å². The Hall–Kier alpha value is -2.09. The van der Waals surface area contributed by atoms with Crippen LogP contribution in [0.15, 0.2) is 18.3 Å². The van der Waals surface area contributed by atoms with Crippen molar-refractivity contribution in [3.63, 3.8) is 0 Å². The Bertz CT molecular complexity index is 377. The van der Waals surface area contributed by atoms with Crippen LogP contribution in [0.1, 0.15) is 19.4 Å². The Kier molecular flexibility index (Phi) is 3.63. The van der Waals surface area contributed by atoms with Gasteiger partial charge in [0, 0.05) is 12.2 Å². The van der Waals surface area contributed by atoms with Crippen LogP contribution >= 0.6 is 0 Å². The number of anilines is 1. The molecule has 0 atom stereocenters. The van der Waals surface area contributed by atoms with Crippen molar-refractivity contribution >= 4 is 11.8 Å². The zero-order valence-electron chi connectivity index (χ0n) is 8.61. The summed E-state index contributed by atoms with van der Waals surface area (Å²) in [7, 11) is 0. The van der Waals surface area contributed by atoms with E-state index in [2.05, 4.69) is 15.6 Å². The molecule has 15 heavy (non-hydrogen) atoms. The van der Waals surface area contributed by atoms with E-state index in [1.165, 1.54) is 6.20 Å². The van der Waals surface area contributed by atoms with Gasteiger partial charge in [-0.2, -0.15) is 5.26 Å². The fourth-order valence-corrected chi connectivity index (χ4v) is 0.949. The first-order valence-electron chi connectivity index (χ1n) is 4.55. The SMILES string of the molecule is CC(C)NC(=O)Nc1ccc(C#N)cn1. The molecule has 2 amide bonds. The molecule has 78 valence electrons. The molecule has 1 rings (SSSR count). The minimum absolute atomic E-state index is 0.0726. The topological polar surface area (TPSA) is 77.8 Å². The van der Waals surface area contributed by atoms with Crippen molar-refractivity contribution in [2.45, 2.75) is 19.9 Å². The van der Waals surface area contributed by atoms with Crippen LogP contribution in [-0.2, 0) is 0 Å². The van der Waals surface area contributed by atoms with E-state index in [1.807, 2.05) is 19.9 Å². The number of hydrogen-bond donors (Lipinski definition) is 2. The summed E-state index contributed by atoms with van der Waals surface area (Å²) in [6, 6.07) is 4.89. The molecule has 1 aromatic rings. The number of pyridine rings is 1. The highest BCUT2D eigenvalue weighted by atomic mass is 16.2. The maximum absolute atomic E-state index is 11.3. The molecule has 0 bridgehead atoms. The molecular formula is C10H12N4O. The van der Waals surface area contributed by atoms with Crippen LogP contribution in [0.3, 0.4) is 0 Å². The molecule has 1 aromatic heterocycles. The molecule has 0 fully saturated rings. The van der Waals surface area contributed by atoms with Gasteiger partial charge in [0.25, 0.3) is 0 Å². The van der Waals surface area contributed by atoms with Crippen molar-refractivity contribution in [1.29, 1.82) is 5.26 Å². The Labute approximate surface area is 88.1 Å². The molecule has 0 aliphatic heterocycles. The number of urea groups is 1. The lowest BCUT2D eigenvalue weighted by Gasteiger charge is -2.09. The lowest BCUT2D eigenvalue weighted by molar-refractivity contribution is 0.250. The summed E-state index contributed by atoms with van der Waals surface area (Å²) in [6.07, 6.45) is 1.41. The summed E-state index contributed by atoms with van der Waals surface area (Å²) in [4.78, 5) is 15.2. The van der Waals surface area contributed by atoms with Gasteiger partial charge in [0.2, 0.25) is 0 Å². The number of nitrogens with one attached hydrogen (secondary N) is 2. The molecule has 0 unspecified atom stereocenters. The van der Waals surface area contributed by atoms with Crippen molar-refractivity contribution < 1.29 is 4.79 Å². The van der Waals surface area contributed by atoms with Crippen LogP contribution < -0.4 is 10.6 Å². The molecule has 0 saturated heterocycles. The Morgan fingerprint density at radius 2 is 2.27 bits per heavy atom. The highest BCUT2D eigenvalue weighted by Gasteiger charge is 2.03. The predicted molar refractivity (Wildman–Crippen MR) is 56.2 cm³/mol. The quantitative estimate of drug-likeness (QED) is 0.765. The first-order valence-corrected chi connectivity index (χ1v) is 4.55. The van der Waals surface area contributed by atoms with Gasteiger partial charge in [0.1, 0.15) is 11.9 Å². The largest absolute Gasteiger partial charge is 0.336 e. The van der Waals surface area contributed by atoms with E-state index in [1.54, 1.807) is 12.1 Å². The third-order valence-electron chi connectivity index (χ3n) is 1.55. The molecule has 0 spiro atoms. The third-order valence-corrected chi connectivity index (χ3v) is 1.55. The molecule has 0 aromatic carbocycles. The maximum Gasteiger partial charge on any atom is 0.320 e. The summed E-state index contributed by atoms with van der Waals surface area (Å²) >= 11 is 0. The van der Waals surface area contributed by atoms with Gasteiger partial charge >= 0.3 is 6.03 Å². The highest BCUT2D eigenvalue weighted by molar-refractivity contribution is 5.88. The van der Waals surface area contributed by atoms with E-state index < -0.39 is 0 Å². The predicted octanol–water partition coefficient (Wildman–Crippen LogP) is 1.48. The number of amides is 2. The van der Waals surface area contributed by atoms with Crippen molar-refractivity contribution in [2.24, 2.45) is 0 Å². The monoisotopic (exact) mass is 204 g/mol. The van der Waals surface area contributed by atoms with Gasteiger partial charge in [0.15, 0.2) is 0 Å². The summed E-state index contributed by atoms with van der Waals surface area (Å²) in [5.74, 6) is 0.423. The maximum atomic E-state index is 11.3. The molecular weight excluding hydrogens is 192 g/mol. The summed E-state index contributed by atoms with van der Waals surface area (Å²) in [6.45, 7) is 3.73. The fraction of sp³-hybridized carbons (Fsp3) is 0.300. The highest BCUT2D eigenvalue weighted by Crippen LogP contribution is 2.03. The minimum atomic E-state index is -0.304. The molecule has 0 aliphatic rings. The van der Waals surface area contributed by atoms with E-state index in [9.17, 15) is 4.79 Å². The van der Waals surface area contributed by atoms with E-state index in [4.69, 9.17) is 5.26 Å². The van der Waals surface area contributed by atoms with Gasteiger partial charge in [-0.1, -0.05) is 0 Å². The number of carbonyl (C=O) groups is 1. The average molecular weight is 204 g/mol. The molecule has 5 heteroatoms. The number of carbonyl (C=O) groups excluding carboxylic acids is 1. The second kappa shape index (κ2) is 4.96. The normalized spacial score (nSPS) is 9.47. The number of nitriles is 1. The van der Waals surface area contributed by atoms with E-state index in [0.717, 1.165) is 0 Å². The number of rotatable bonds is 2. The van der Waals surface area contributed by atoms with E-state index in [0.29, 0.717) is 11.4 Å². The van der Waals surface area contributed by atoms with E-state index >= 15 is 0 Å². The van der Waals surface area contributed by atoms with Gasteiger partial charge in [-0.15, -0.1) is 0 Å². The first kappa shape index (κ1) is 11.0. The second-order valence-electron chi connectivity index (χ2n) is 3.30. The third kappa shape index (κ3) is 3.65. The standard InChI is InChI=1S/C10H12N4O/c1-7(2)13-10(15)14-9-4-3-8(5-11)6-12-9/h3-4,6-7H,1-2H3,(H2,12,13,14,15). The van der Waals surface area contributed by atoms with Crippen molar-refractivity contribution in [3.8, 4) is 6.07 Å². The molecule has 2 N–H and O–H groups in total. The summed E-state index contributed by atoms with van der Waals surface area (Å²) in [5, 5.41) is 13.8. The number of hydrogen-bond acceptors (Lipinski definition) is 3. The molecule has 0 radical (unpaired) electrons. The summed E-state index contributed by atoms with van der Waals surface area (Å²) < 4.78 is 0. The molecule has 0 aliphatic carbocycles. The lowest BCUT2D eigenvalue weighted by atomic mass is 10.3. The zero-order valence-corrected chi connectivity index (χ0v) is 8.61. The Morgan fingerprint density at radius 3 is 2.73 bits per heavy atom. The second-order valence-corrected chi connectivity index (χ2v) is 3.30. The Balaban J connectivity index is 2.58. The van der Waals surface area contributed by atoms with Crippen molar-refractivity contribution in [2.75, 3.05) is 5.32 Å². The van der Waals surface area contributed by atoms with Gasteiger partial charge < -0.3 is 5.32 Å². The lowest BCUT2D eigenvalue weighted by Crippen LogP contribution is -2.34. The van der Waals surface area contributed by atoms with Gasteiger partial charge in [0.05, 0.1) is 5.56 Å². The van der Waals surface area contributed by atoms with E-state index in [-0.39, 0.29) is 12.1 Å². The fourth-order valence-electron chi connectivity index (χ4n) is 0.949. The van der Waals surface area contributed by atoms with Crippen LogP contribution in [0, 0.1) is 11.3 Å². The number of aromatic nitrogens is 1. The van der Waals surface area contributed by atoms with Crippen molar-refractivity contribution in [1.82, 2.24) is 10.3 Å². The smallest absolute Gasteiger partial charge is 0.320 e. The van der Waals surface area contributed by atoms with Gasteiger partial charge in [-0.3, -0.25) is 5.32 Å². The summed E-state index contributed by atoms with van der Waals surface area (Å²) in [5.41, 5.74) is 0.463. The molecule has 0 saturated carbocycles. The minimum Gasteiger partial charge on any atom is -0.336 e.